The van der Waals surface area contributed by atoms with Gasteiger partial charge in [-0.25, -0.2) is 0 Å². The van der Waals surface area contributed by atoms with Crippen molar-refractivity contribution in [2.45, 2.75) is 19.1 Å². The van der Waals surface area contributed by atoms with Crippen LogP contribution in [0.1, 0.15) is 18.6 Å². The summed E-state index contributed by atoms with van der Waals surface area (Å²) in [5.41, 5.74) is 1.65. The Balaban J connectivity index is 2.42. The van der Waals surface area contributed by atoms with Crippen molar-refractivity contribution in [3.8, 4) is 5.75 Å². The normalized spacial score (nSPS) is 21.3. The second kappa shape index (κ2) is 6.23. The summed E-state index contributed by atoms with van der Waals surface area (Å²) in [6, 6.07) is 5.58. The highest BCUT2D eigenvalue weighted by molar-refractivity contribution is 5.61. The first-order valence-corrected chi connectivity index (χ1v) is 6.49. The van der Waals surface area contributed by atoms with Crippen molar-refractivity contribution in [3.63, 3.8) is 0 Å². The lowest BCUT2D eigenvalue weighted by atomic mass is 10.0. The summed E-state index contributed by atoms with van der Waals surface area (Å²) in [5, 5.41) is 19.5. The fraction of sp³-hybridized carbons (Fsp3) is 0.571. The van der Waals surface area contributed by atoms with E-state index in [0.29, 0.717) is 25.5 Å². The van der Waals surface area contributed by atoms with Crippen LogP contribution in [-0.2, 0) is 4.74 Å². The number of rotatable bonds is 4. The molecule has 106 valence electrons. The molecular formula is C14H21NO4. The number of methoxy groups -OCH3 is 1. The van der Waals surface area contributed by atoms with E-state index < -0.39 is 6.10 Å². The van der Waals surface area contributed by atoms with Crippen LogP contribution >= 0.6 is 0 Å². The summed E-state index contributed by atoms with van der Waals surface area (Å²) in [4.78, 5) is 2.08. The molecule has 0 amide bonds. The van der Waals surface area contributed by atoms with Crippen molar-refractivity contribution in [2.24, 2.45) is 0 Å². The minimum atomic E-state index is -0.631. The maximum absolute atomic E-state index is 10.0. The second-order valence-electron chi connectivity index (χ2n) is 4.67. The largest absolute Gasteiger partial charge is 0.496 e. The molecule has 0 spiro atoms. The van der Waals surface area contributed by atoms with Gasteiger partial charge in [0.05, 0.1) is 39.1 Å². The summed E-state index contributed by atoms with van der Waals surface area (Å²) in [7, 11) is 1.59. The standard InChI is InChI=1S/C14H21NO4/c1-10(17)14-12(4-3-5-13(14)18-2)15-6-7-19-9-11(15)8-16/h3-5,10-11,16-17H,6-9H2,1-2H3/t10-,11?/m0/s1. The maximum Gasteiger partial charge on any atom is 0.126 e. The van der Waals surface area contributed by atoms with Crippen LogP contribution in [0.2, 0.25) is 0 Å². The zero-order valence-corrected chi connectivity index (χ0v) is 11.4. The second-order valence-corrected chi connectivity index (χ2v) is 4.67. The Labute approximate surface area is 113 Å². The number of morpholine rings is 1. The molecule has 5 nitrogen and oxygen atoms in total. The molecule has 1 aliphatic rings. The molecule has 0 aromatic heterocycles. The Kier molecular flexibility index (Phi) is 4.63. The molecule has 1 aromatic rings. The van der Waals surface area contributed by atoms with Crippen LogP contribution in [0.15, 0.2) is 18.2 Å². The minimum Gasteiger partial charge on any atom is -0.496 e. The number of aliphatic hydroxyl groups excluding tert-OH is 2. The summed E-state index contributed by atoms with van der Waals surface area (Å²) < 4.78 is 10.7. The fourth-order valence-electron chi connectivity index (χ4n) is 2.50. The molecule has 1 heterocycles. The summed E-state index contributed by atoms with van der Waals surface area (Å²) >= 11 is 0. The SMILES string of the molecule is COc1cccc(N2CCOCC2CO)c1[C@H](C)O. The number of hydrogen-bond acceptors (Lipinski definition) is 5. The molecule has 5 heteroatoms. The Bertz CT molecular complexity index is 422. The zero-order valence-electron chi connectivity index (χ0n) is 11.4. The molecule has 1 saturated heterocycles. The van der Waals surface area contributed by atoms with Crippen molar-refractivity contribution in [1.29, 1.82) is 0 Å². The van der Waals surface area contributed by atoms with Gasteiger partial charge in [-0.3, -0.25) is 0 Å². The third-order valence-electron chi connectivity index (χ3n) is 3.43. The quantitative estimate of drug-likeness (QED) is 0.850. The van der Waals surface area contributed by atoms with Gasteiger partial charge in [0.1, 0.15) is 5.75 Å². The Hall–Kier alpha value is -1.30. The highest BCUT2D eigenvalue weighted by Gasteiger charge is 2.26. The number of nitrogens with zero attached hydrogens (tertiary/aromatic N) is 1. The van der Waals surface area contributed by atoms with Crippen molar-refractivity contribution in [3.05, 3.63) is 23.8 Å². The first-order valence-electron chi connectivity index (χ1n) is 6.49. The predicted molar refractivity (Wildman–Crippen MR) is 72.7 cm³/mol. The summed E-state index contributed by atoms with van der Waals surface area (Å²) in [6.07, 6.45) is -0.631. The highest BCUT2D eigenvalue weighted by atomic mass is 16.5. The van der Waals surface area contributed by atoms with E-state index in [4.69, 9.17) is 9.47 Å². The van der Waals surface area contributed by atoms with Gasteiger partial charge in [-0.2, -0.15) is 0 Å². The average Bonchev–Trinajstić information content (AvgIpc) is 2.46. The molecule has 1 unspecified atom stereocenters. The van der Waals surface area contributed by atoms with E-state index in [0.717, 1.165) is 11.3 Å². The van der Waals surface area contributed by atoms with Gasteiger partial charge in [-0.15, -0.1) is 0 Å². The van der Waals surface area contributed by atoms with Crippen LogP contribution in [0.4, 0.5) is 5.69 Å². The molecule has 2 atom stereocenters. The molecule has 0 radical (unpaired) electrons. The molecule has 0 bridgehead atoms. The number of ether oxygens (including phenoxy) is 2. The number of hydrogen-bond donors (Lipinski definition) is 2. The first kappa shape index (κ1) is 14.1. The van der Waals surface area contributed by atoms with Gasteiger partial charge in [0.15, 0.2) is 0 Å². The van der Waals surface area contributed by atoms with Crippen LogP contribution in [0.25, 0.3) is 0 Å². The van der Waals surface area contributed by atoms with Gasteiger partial charge in [-0.1, -0.05) is 6.07 Å². The molecule has 2 N–H and O–H groups in total. The van der Waals surface area contributed by atoms with E-state index >= 15 is 0 Å². The van der Waals surface area contributed by atoms with Crippen molar-refractivity contribution < 1.29 is 19.7 Å². The van der Waals surface area contributed by atoms with Crippen molar-refractivity contribution in [1.82, 2.24) is 0 Å². The average molecular weight is 267 g/mol. The molecule has 0 aliphatic carbocycles. The fourth-order valence-corrected chi connectivity index (χ4v) is 2.50. The number of anilines is 1. The van der Waals surface area contributed by atoms with Crippen LogP contribution < -0.4 is 9.64 Å². The highest BCUT2D eigenvalue weighted by Crippen LogP contribution is 2.35. The Morgan fingerprint density at radius 1 is 1.53 bits per heavy atom. The van der Waals surface area contributed by atoms with Crippen LogP contribution in [0.5, 0.6) is 5.75 Å². The van der Waals surface area contributed by atoms with E-state index in [1.807, 2.05) is 18.2 Å². The van der Waals surface area contributed by atoms with Gasteiger partial charge in [0.25, 0.3) is 0 Å². The maximum atomic E-state index is 10.0. The van der Waals surface area contributed by atoms with E-state index in [1.165, 1.54) is 0 Å². The molecule has 2 rings (SSSR count). The molecule has 1 aliphatic heterocycles. The zero-order chi connectivity index (χ0) is 13.8. The van der Waals surface area contributed by atoms with Gasteiger partial charge >= 0.3 is 0 Å². The first-order chi connectivity index (χ1) is 9.19. The Morgan fingerprint density at radius 3 is 2.95 bits per heavy atom. The van der Waals surface area contributed by atoms with Crippen LogP contribution in [-0.4, -0.2) is 49.7 Å². The lowest BCUT2D eigenvalue weighted by Crippen LogP contribution is -2.48. The van der Waals surface area contributed by atoms with Crippen molar-refractivity contribution >= 4 is 5.69 Å². The lowest BCUT2D eigenvalue weighted by Gasteiger charge is -2.38. The van der Waals surface area contributed by atoms with Gasteiger partial charge < -0.3 is 24.6 Å². The molecular weight excluding hydrogens is 246 g/mol. The predicted octanol–water partition coefficient (Wildman–Crippen LogP) is 0.946. The van der Waals surface area contributed by atoms with Crippen LogP contribution in [0.3, 0.4) is 0 Å². The minimum absolute atomic E-state index is 0.0243. The van der Waals surface area contributed by atoms with Gasteiger partial charge in [0, 0.05) is 17.8 Å². The number of aliphatic hydroxyl groups is 2. The molecule has 19 heavy (non-hydrogen) atoms. The summed E-state index contributed by atoms with van der Waals surface area (Å²) in [6.45, 7) is 3.55. The topological polar surface area (TPSA) is 62.2 Å². The summed E-state index contributed by atoms with van der Waals surface area (Å²) in [5.74, 6) is 0.663. The monoisotopic (exact) mass is 267 g/mol. The van der Waals surface area contributed by atoms with Gasteiger partial charge in [0.2, 0.25) is 0 Å². The Morgan fingerprint density at radius 2 is 2.32 bits per heavy atom. The number of benzene rings is 1. The lowest BCUT2D eigenvalue weighted by molar-refractivity contribution is 0.0722. The van der Waals surface area contributed by atoms with Crippen molar-refractivity contribution in [2.75, 3.05) is 38.4 Å². The van der Waals surface area contributed by atoms with E-state index in [1.54, 1.807) is 14.0 Å². The van der Waals surface area contributed by atoms with E-state index in [2.05, 4.69) is 4.90 Å². The van der Waals surface area contributed by atoms with E-state index in [-0.39, 0.29) is 12.6 Å². The smallest absolute Gasteiger partial charge is 0.126 e. The molecule has 1 aromatic carbocycles. The third-order valence-corrected chi connectivity index (χ3v) is 3.43. The molecule has 1 fully saturated rings. The third kappa shape index (κ3) is 2.83. The van der Waals surface area contributed by atoms with Crippen LogP contribution in [0, 0.1) is 0 Å². The van der Waals surface area contributed by atoms with E-state index in [9.17, 15) is 10.2 Å². The van der Waals surface area contributed by atoms with Gasteiger partial charge in [-0.05, 0) is 19.1 Å². The molecule has 0 saturated carbocycles.